The molecule has 0 bridgehead atoms. The number of carbonyl (C=O) groups is 5. The molecule has 3 unspecified atom stereocenters. The number of unbranched alkanes of at least 4 members (excludes halogenated alkanes) is 1. The molecule has 4 amide bonds. The molecule has 0 spiro atoms. The van der Waals surface area contributed by atoms with Crippen molar-refractivity contribution in [3.63, 3.8) is 0 Å². The molecule has 0 radical (unpaired) electrons. The summed E-state index contributed by atoms with van der Waals surface area (Å²) < 4.78 is 0. The van der Waals surface area contributed by atoms with Gasteiger partial charge in [-0.05, 0) is 31.7 Å². The zero-order valence-electron chi connectivity index (χ0n) is 16.8. The summed E-state index contributed by atoms with van der Waals surface area (Å²) in [6.07, 6.45) is 0.992. The lowest BCUT2D eigenvalue weighted by Gasteiger charge is -2.25. The fourth-order valence-electron chi connectivity index (χ4n) is 2.41. The molecule has 3 atom stereocenters. The van der Waals surface area contributed by atoms with Gasteiger partial charge in [-0.2, -0.15) is 0 Å². The smallest absolute Gasteiger partial charge is 0.322 e. The van der Waals surface area contributed by atoms with E-state index in [0.29, 0.717) is 19.4 Å². The summed E-state index contributed by atoms with van der Waals surface area (Å²) in [5.41, 5.74) is 16.1. The van der Waals surface area contributed by atoms with Crippen LogP contribution in [0.3, 0.4) is 0 Å². The Morgan fingerprint density at radius 2 is 1.59 bits per heavy atom. The van der Waals surface area contributed by atoms with E-state index in [0.717, 1.165) is 0 Å². The number of hydrogen-bond acceptors (Lipinski definition) is 7. The molecule has 166 valence electrons. The minimum atomic E-state index is -1.22. The van der Waals surface area contributed by atoms with Crippen LogP contribution in [0.5, 0.6) is 0 Å². The summed E-state index contributed by atoms with van der Waals surface area (Å²) >= 11 is 0. The van der Waals surface area contributed by atoms with Gasteiger partial charge in [0.15, 0.2) is 0 Å². The van der Waals surface area contributed by atoms with Crippen molar-refractivity contribution in [3.8, 4) is 0 Å². The zero-order valence-corrected chi connectivity index (χ0v) is 16.8. The molecule has 12 heteroatoms. The van der Waals surface area contributed by atoms with Gasteiger partial charge < -0.3 is 38.3 Å². The molecule has 0 saturated heterocycles. The molecule has 0 rings (SSSR count). The molecular weight excluding hydrogens is 384 g/mol. The van der Waals surface area contributed by atoms with Crippen LogP contribution in [0.15, 0.2) is 0 Å². The van der Waals surface area contributed by atoms with Crippen LogP contribution in [-0.4, -0.2) is 65.9 Å². The van der Waals surface area contributed by atoms with Crippen LogP contribution in [0, 0.1) is 5.92 Å². The van der Waals surface area contributed by atoms with Crippen molar-refractivity contribution in [1.29, 1.82) is 0 Å². The molecule has 0 aliphatic rings. The first-order valence-corrected chi connectivity index (χ1v) is 9.33. The van der Waals surface area contributed by atoms with Crippen LogP contribution in [0.25, 0.3) is 0 Å². The van der Waals surface area contributed by atoms with Gasteiger partial charge in [-0.25, -0.2) is 0 Å². The molecule has 0 saturated carbocycles. The lowest BCUT2D eigenvalue weighted by atomic mass is 10.0. The average Bonchev–Trinajstić information content (AvgIpc) is 2.62. The third kappa shape index (κ3) is 11.0. The lowest BCUT2D eigenvalue weighted by molar-refractivity contribution is -0.139. The van der Waals surface area contributed by atoms with E-state index in [9.17, 15) is 24.0 Å². The second kappa shape index (κ2) is 13.4. The van der Waals surface area contributed by atoms with Crippen LogP contribution in [0.1, 0.15) is 39.5 Å². The number of carboxylic acid groups (broad SMARTS) is 1. The number of aliphatic carboxylic acids is 1. The highest BCUT2D eigenvalue weighted by molar-refractivity contribution is 5.94. The molecule has 0 aliphatic heterocycles. The number of primary amides is 1. The minimum Gasteiger partial charge on any atom is -0.480 e. The topological polar surface area (TPSA) is 220 Å². The van der Waals surface area contributed by atoms with Crippen molar-refractivity contribution in [2.75, 3.05) is 13.1 Å². The van der Waals surface area contributed by atoms with Crippen molar-refractivity contribution in [2.45, 2.75) is 57.7 Å². The number of nitrogens with two attached hydrogens (primary N) is 3. The fraction of sp³-hybridized carbons (Fsp3) is 0.706. The SMILES string of the molecule is CC(C)C(NC(=O)C(CCCCN)NC(=O)C(N)CC(N)=O)C(=O)NCC(=O)O. The van der Waals surface area contributed by atoms with Gasteiger partial charge in [0.25, 0.3) is 0 Å². The van der Waals surface area contributed by atoms with Gasteiger partial charge in [-0.3, -0.25) is 24.0 Å². The number of carboxylic acids is 1. The van der Waals surface area contributed by atoms with Crippen molar-refractivity contribution in [2.24, 2.45) is 23.1 Å². The van der Waals surface area contributed by atoms with Crippen LogP contribution in [0.4, 0.5) is 0 Å². The second-order valence-electron chi connectivity index (χ2n) is 6.96. The monoisotopic (exact) mass is 416 g/mol. The molecule has 29 heavy (non-hydrogen) atoms. The predicted molar refractivity (Wildman–Crippen MR) is 104 cm³/mol. The van der Waals surface area contributed by atoms with Gasteiger partial charge >= 0.3 is 5.97 Å². The Hall–Kier alpha value is -2.73. The highest BCUT2D eigenvalue weighted by Gasteiger charge is 2.29. The average molecular weight is 416 g/mol. The Balaban J connectivity index is 5.18. The number of rotatable bonds is 14. The molecule has 0 fully saturated rings. The summed E-state index contributed by atoms with van der Waals surface area (Å²) in [6, 6.07) is -3.23. The van der Waals surface area contributed by atoms with E-state index in [1.165, 1.54) is 0 Å². The standard InChI is InChI=1S/C17H32N6O6/c1-9(2)14(17(29)21-8-13(25)26)23-16(28)11(5-3-4-6-18)22-15(27)10(19)7-12(20)24/h9-11,14H,3-8,18-19H2,1-2H3,(H2,20,24)(H,21,29)(H,22,27)(H,23,28)(H,25,26). The van der Waals surface area contributed by atoms with Gasteiger partial charge in [0.2, 0.25) is 23.6 Å². The first-order chi connectivity index (χ1) is 13.5. The van der Waals surface area contributed by atoms with E-state index in [1.807, 2.05) is 0 Å². The van der Waals surface area contributed by atoms with Gasteiger partial charge in [0.05, 0.1) is 12.5 Å². The summed E-state index contributed by atoms with van der Waals surface area (Å²) in [4.78, 5) is 58.6. The summed E-state index contributed by atoms with van der Waals surface area (Å²) in [5.74, 6) is -4.34. The number of hydrogen-bond donors (Lipinski definition) is 7. The molecule has 0 aromatic carbocycles. The van der Waals surface area contributed by atoms with E-state index in [1.54, 1.807) is 13.8 Å². The minimum absolute atomic E-state index is 0.236. The Bertz CT molecular complexity index is 597. The third-order valence-electron chi connectivity index (χ3n) is 4.00. The van der Waals surface area contributed by atoms with Crippen LogP contribution < -0.4 is 33.2 Å². The number of nitrogens with one attached hydrogen (secondary N) is 3. The molecule has 0 heterocycles. The summed E-state index contributed by atoms with van der Waals surface area (Å²) in [6.45, 7) is 3.17. The maximum absolute atomic E-state index is 12.7. The molecule has 0 aliphatic carbocycles. The maximum Gasteiger partial charge on any atom is 0.322 e. The molecule has 10 N–H and O–H groups in total. The van der Waals surface area contributed by atoms with Crippen molar-refractivity contribution >= 4 is 29.6 Å². The normalized spacial score (nSPS) is 13.8. The highest BCUT2D eigenvalue weighted by Crippen LogP contribution is 2.06. The lowest BCUT2D eigenvalue weighted by Crippen LogP contribution is -2.57. The van der Waals surface area contributed by atoms with Gasteiger partial charge in [-0.15, -0.1) is 0 Å². The van der Waals surface area contributed by atoms with Gasteiger partial charge in [-0.1, -0.05) is 13.8 Å². The van der Waals surface area contributed by atoms with E-state index >= 15 is 0 Å². The first kappa shape index (κ1) is 26.3. The van der Waals surface area contributed by atoms with Crippen molar-refractivity contribution < 1.29 is 29.1 Å². The highest BCUT2D eigenvalue weighted by atomic mass is 16.4. The van der Waals surface area contributed by atoms with Gasteiger partial charge in [0.1, 0.15) is 18.6 Å². The second-order valence-corrected chi connectivity index (χ2v) is 6.96. The largest absolute Gasteiger partial charge is 0.480 e. The van der Waals surface area contributed by atoms with E-state index in [-0.39, 0.29) is 18.8 Å². The van der Waals surface area contributed by atoms with Crippen LogP contribution >= 0.6 is 0 Å². The van der Waals surface area contributed by atoms with Crippen molar-refractivity contribution in [3.05, 3.63) is 0 Å². The first-order valence-electron chi connectivity index (χ1n) is 9.33. The Morgan fingerprint density at radius 3 is 2.07 bits per heavy atom. The third-order valence-corrected chi connectivity index (χ3v) is 4.00. The fourth-order valence-corrected chi connectivity index (χ4v) is 2.41. The molecular formula is C17H32N6O6. The summed E-state index contributed by atoms with van der Waals surface area (Å²) in [5, 5.41) is 15.9. The molecule has 0 aromatic heterocycles. The maximum atomic E-state index is 12.7. The Morgan fingerprint density at radius 1 is 0.966 bits per heavy atom. The van der Waals surface area contributed by atoms with E-state index in [2.05, 4.69) is 16.0 Å². The predicted octanol–water partition coefficient (Wildman–Crippen LogP) is -2.86. The van der Waals surface area contributed by atoms with E-state index < -0.39 is 54.3 Å². The number of carbonyl (C=O) groups excluding carboxylic acids is 4. The molecule has 0 aromatic rings. The Kier molecular flexibility index (Phi) is 12.2. The van der Waals surface area contributed by atoms with Crippen molar-refractivity contribution in [1.82, 2.24) is 16.0 Å². The van der Waals surface area contributed by atoms with E-state index in [4.69, 9.17) is 22.3 Å². The van der Waals surface area contributed by atoms with Gasteiger partial charge in [0, 0.05) is 0 Å². The Labute approximate surface area is 169 Å². The summed E-state index contributed by atoms with van der Waals surface area (Å²) in [7, 11) is 0. The van der Waals surface area contributed by atoms with Crippen LogP contribution in [0.2, 0.25) is 0 Å². The molecule has 12 nitrogen and oxygen atoms in total. The number of amides is 4. The van der Waals surface area contributed by atoms with Crippen LogP contribution in [-0.2, 0) is 24.0 Å². The quantitative estimate of drug-likeness (QED) is 0.146. The zero-order chi connectivity index (χ0) is 22.6.